The average molecular weight is 270 g/mol. The molecule has 0 aliphatic rings. The first kappa shape index (κ1) is 14.5. The predicted octanol–water partition coefficient (Wildman–Crippen LogP) is 2.93. The van der Waals surface area contributed by atoms with Gasteiger partial charge >= 0.3 is 0 Å². The molecule has 2 aromatic rings. The lowest BCUT2D eigenvalue weighted by Crippen LogP contribution is -2.22. The molecule has 0 fully saturated rings. The van der Waals surface area contributed by atoms with Gasteiger partial charge in [0, 0.05) is 38.2 Å². The summed E-state index contributed by atoms with van der Waals surface area (Å²) >= 11 is 0. The molecular weight excluding hydrogens is 248 g/mol. The summed E-state index contributed by atoms with van der Waals surface area (Å²) in [5.41, 5.74) is 2.58. The van der Waals surface area contributed by atoms with Crippen LogP contribution in [0.25, 0.3) is 0 Å². The fourth-order valence-corrected chi connectivity index (χ4v) is 2.13. The Balaban J connectivity index is 2.00. The molecule has 4 nitrogen and oxygen atoms in total. The summed E-state index contributed by atoms with van der Waals surface area (Å²) in [6, 6.07) is 8.34. The molecule has 0 aliphatic carbocycles. The van der Waals surface area contributed by atoms with Crippen molar-refractivity contribution in [1.82, 2.24) is 14.9 Å². The third-order valence-corrected chi connectivity index (χ3v) is 3.19. The lowest BCUT2D eigenvalue weighted by atomic mass is 10.2. The molecule has 20 heavy (non-hydrogen) atoms. The number of nitrogens with one attached hydrogen (secondary N) is 1. The molecule has 0 amide bonds. The SMILES string of the molecule is CCNc1cc(CN(CC)Cc2ccncc2)ccn1. The van der Waals surface area contributed by atoms with Crippen molar-refractivity contribution >= 4 is 5.82 Å². The van der Waals surface area contributed by atoms with Gasteiger partial charge in [0.05, 0.1) is 0 Å². The first-order valence-electron chi connectivity index (χ1n) is 7.12. The second-order valence-corrected chi connectivity index (χ2v) is 4.74. The average Bonchev–Trinajstić information content (AvgIpc) is 2.48. The van der Waals surface area contributed by atoms with Gasteiger partial charge < -0.3 is 5.32 Å². The van der Waals surface area contributed by atoms with E-state index in [1.165, 1.54) is 11.1 Å². The van der Waals surface area contributed by atoms with Crippen LogP contribution in [0.1, 0.15) is 25.0 Å². The van der Waals surface area contributed by atoms with Gasteiger partial charge in [-0.25, -0.2) is 4.98 Å². The molecule has 0 aromatic carbocycles. The fraction of sp³-hybridized carbons (Fsp3) is 0.375. The zero-order chi connectivity index (χ0) is 14.2. The number of hydrogen-bond donors (Lipinski definition) is 1. The maximum atomic E-state index is 4.31. The minimum absolute atomic E-state index is 0.894. The summed E-state index contributed by atoms with van der Waals surface area (Å²) in [6.45, 7) is 8.05. The molecular formula is C16H22N4. The van der Waals surface area contributed by atoms with Crippen LogP contribution in [0.4, 0.5) is 5.82 Å². The van der Waals surface area contributed by atoms with Crippen LogP contribution in [0, 0.1) is 0 Å². The molecule has 0 aliphatic heterocycles. The smallest absolute Gasteiger partial charge is 0.126 e. The number of nitrogens with zero attached hydrogens (tertiary/aromatic N) is 3. The van der Waals surface area contributed by atoms with Crippen LogP contribution < -0.4 is 5.32 Å². The van der Waals surface area contributed by atoms with E-state index in [0.29, 0.717) is 0 Å². The van der Waals surface area contributed by atoms with Crippen molar-refractivity contribution in [3.63, 3.8) is 0 Å². The highest BCUT2D eigenvalue weighted by atomic mass is 15.1. The molecule has 0 unspecified atom stereocenters. The van der Waals surface area contributed by atoms with Crippen molar-refractivity contribution in [3.05, 3.63) is 54.0 Å². The van der Waals surface area contributed by atoms with Crippen LogP contribution in [0.15, 0.2) is 42.9 Å². The second-order valence-electron chi connectivity index (χ2n) is 4.74. The van der Waals surface area contributed by atoms with Crippen molar-refractivity contribution < 1.29 is 0 Å². The fourth-order valence-electron chi connectivity index (χ4n) is 2.13. The molecule has 0 atom stereocenters. The Kier molecular flexibility index (Phi) is 5.50. The van der Waals surface area contributed by atoms with E-state index in [0.717, 1.165) is 32.0 Å². The zero-order valence-electron chi connectivity index (χ0n) is 12.2. The Morgan fingerprint density at radius 3 is 2.40 bits per heavy atom. The predicted molar refractivity (Wildman–Crippen MR) is 82.4 cm³/mol. The Labute approximate surface area is 120 Å². The van der Waals surface area contributed by atoms with Gasteiger partial charge in [-0.1, -0.05) is 6.92 Å². The first-order valence-corrected chi connectivity index (χ1v) is 7.12. The molecule has 0 radical (unpaired) electrons. The topological polar surface area (TPSA) is 41.0 Å². The van der Waals surface area contributed by atoms with Gasteiger partial charge in [-0.15, -0.1) is 0 Å². The molecule has 2 aromatic heterocycles. The molecule has 1 N–H and O–H groups in total. The minimum atomic E-state index is 0.894. The lowest BCUT2D eigenvalue weighted by molar-refractivity contribution is 0.271. The normalized spacial score (nSPS) is 10.8. The van der Waals surface area contributed by atoms with Crippen LogP contribution in [-0.4, -0.2) is 28.0 Å². The van der Waals surface area contributed by atoms with Crippen molar-refractivity contribution in [3.8, 4) is 0 Å². The summed E-state index contributed by atoms with van der Waals surface area (Å²) in [6.07, 6.45) is 5.56. The third-order valence-electron chi connectivity index (χ3n) is 3.19. The molecule has 2 heterocycles. The zero-order valence-corrected chi connectivity index (χ0v) is 12.2. The van der Waals surface area contributed by atoms with Gasteiger partial charge in [-0.2, -0.15) is 0 Å². The van der Waals surface area contributed by atoms with E-state index in [-0.39, 0.29) is 0 Å². The summed E-state index contributed by atoms with van der Waals surface area (Å²) < 4.78 is 0. The van der Waals surface area contributed by atoms with Gasteiger partial charge in [-0.3, -0.25) is 9.88 Å². The molecule has 106 valence electrons. The maximum absolute atomic E-state index is 4.31. The molecule has 2 rings (SSSR count). The van der Waals surface area contributed by atoms with Crippen molar-refractivity contribution in [2.24, 2.45) is 0 Å². The molecule has 0 bridgehead atoms. The van der Waals surface area contributed by atoms with Crippen molar-refractivity contribution in [1.29, 1.82) is 0 Å². The molecule has 0 saturated carbocycles. The first-order chi connectivity index (χ1) is 9.81. The van der Waals surface area contributed by atoms with Crippen LogP contribution in [0.5, 0.6) is 0 Å². The number of pyridine rings is 2. The number of hydrogen-bond acceptors (Lipinski definition) is 4. The van der Waals surface area contributed by atoms with E-state index >= 15 is 0 Å². The summed E-state index contributed by atoms with van der Waals surface area (Å²) in [7, 11) is 0. The van der Waals surface area contributed by atoms with Crippen LogP contribution in [0.2, 0.25) is 0 Å². The maximum Gasteiger partial charge on any atom is 0.126 e. The summed E-state index contributed by atoms with van der Waals surface area (Å²) in [4.78, 5) is 10.8. The van der Waals surface area contributed by atoms with Crippen molar-refractivity contribution in [2.45, 2.75) is 26.9 Å². The van der Waals surface area contributed by atoms with E-state index in [4.69, 9.17) is 0 Å². The highest BCUT2D eigenvalue weighted by molar-refractivity contribution is 5.37. The minimum Gasteiger partial charge on any atom is -0.370 e. The van der Waals surface area contributed by atoms with E-state index in [2.05, 4.69) is 58.3 Å². The highest BCUT2D eigenvalue weighted by Crippen LogP contribution is 2.12. The van der Waals surface area contributed by atoms with Crippen molar-refractivity contribution in [2.75, 3.05) is 18.4 Å². The summed E-state index contributed by atoms with van der Waals surface area (Å²) in [5, 5.41) is 3.25. The van der Waals surface area contributed by atoms with Gasteiger partial charge in [-0.05, 0) is 48.9 Å². The molecule has 0 spiro atoms. The quantitative estimate of drug-likeness (QED) is 0.840. The highest BCUT2D eigenvalue weighted by Gasteiger charge is 2.05. The lowest BCUT2D eigenvalue weighted by Gasteiger charge is -2.20. The van der Waals surface area contributed by atoms with Gasteiger partial charge in [0.2, 0.25) is 0 Å². The third kappa shape index (κ3) is 4.31. The van der Waals surface area contributed by atoms with Crippen LogP contribution in [-0.2, 0) is 13.1 Å². The number of rotatable bonds is 7. The Morgan fingerprint density at radius 2 is 1.70 bits per heavy atom. The second kappa shape index (κ2) is 7.60. The summed E-state index contributed by atoms with van der Waals surface area (Å²) in [5.74, 6) is 0.949. The van der Waals surface area contributed by atoms with Crippen LogP contribution >= 0.6 is 0 Å². The largest absolute Gasteiger partial charge is 0.370 e. The van der Waals surface area contributed by atoms with Crippen LogP contribution in [0.3, 0.4) is 0 Å². The Bertz CT molecular complexity index is 513. The van der Waals surface area contributed by atoms with E-state index in [1.54, 1.807) is 0 Å². The van der Waals surface area contributed by atoms with Gasteiger partial charge in [0.1, 0.15) is 5.82 Å². The van der Waals surface area contributed by atoms with Gasteiger partial charge in [0.25, 0.3) is 0 Å². The van der Waals surface area contributed by atoms with Gasteiger partial charge in [0.15, 0.2) is 0 Å². The monoisotopic (exact) mass is 270 g/mol. The van der Waals surface area contributed by atoms with E-state index in [1.807, 2.05) is 18.6 Å². The standard InChI is InChI=1S/C16H22N4/c1-3-18-16-11-15(7-10-19-16)13-20(4-2)12-14-5-8-17-9-6-14/h5-11H,3-4,12-13H2,1-2H3,(H,18,19). The molecule has 4 heteroatoms. The van der Waals surface area contributed by atoms with E-state index in [9.17, 15) is 0 Å². The molecule has 0 saturated heterocycles. The number of aromatic nitrogens is 2. The number of anilines is 1. The Morgan fingerprint density at radius 1 is 1.00 bits per heavy atom. The van der Waals surface area contributed by atoms with E-state index < -0.39 is 0 Å². The Hall–Kier alpha value is -1.94.